The monoisotopic (exact) mass is 281 g/mol. The number of pyridine rings is 1. The Bertz CT molecular complexity index is 568. The van der Waals surface area contributed by atoms with Crippen LogP contribution in [0.3, 0.4) is 0 Å². The molecule has 0 saturated carbocycles. The van der Waals surface area contributed by atoms with Crippen molar-refractivity contribution in [2.45, 2.75) is 25.8 Å². The molecule has 1 aliphatic heterocycles. The van der Waals surface area contributed by atoms with Gasteiger partial charge in [-0.2, -0.15) is 0 Å². The molecule has 3 rings (SSSR count). The third-order valence-corrected chi connectivity index (χ3v) is 4.12. The van der Waals surface area contributed by atoms with Gasteiger partial charge >= 0.3 is 0 Å². The third kappa shape index (κ3) is 3.61. The average Bonchev–Trinajstić information content (AvgIpc) is 2.74. The van der Waals surface area contributed by atoms with Crippen molar-refractivity contribution in [3.8, 4) is 0 Å². The first-order valence-corrected chi connectivity index (χ1v) is 7.77. The van der Waals surface area contributed by atoms with Gasteiger partial charge in [0.05, 0.1) is 11.4 Å². The maximum atomic E-state index is 4.43. The van der Waals surface area contributed by atoms with E-state index in [1.165, 1.54) is 17.7 Å². The van der Waals surface area contributed by atoms with Gasteiger partial charge < -0.3 is 10.2 Å². The number of aromatic nitrogens is 1. The molecule has 1 fully saturated rings. The maximum absolute atomic E-state index is 4.43. The van der Waals surface area contributed by atoms with Gasteiger partial charge in [0.2, 0.25) is 0 Å². The second-order valence-corrected chi connectivity index (χ2v) is 5.75. The van der Waals surface area contributed by atoms with Crippen molar-refractivity contribution < 1.29 is 0 Å². The molecule has 110 valence electrons. The topological polar surface area (TPSA) is 28.2 Å². The van der Waals surface area contributed by atoms with Crippen LogP contribution in [0.1, 0.15) is 17.7 Å². The molecule has 1 saturated heterocycles. The van der Waals surface area contributed by atoms with E-state index in [9.17, 15) is 0 Å². The van der Waals surface area contributed by atoms with Crippen LogP contribution in [0.25, 0.3) is 0 Å². The van der Waals surface area contributed by atoms with Crippen LogP contribution in [0, 0.1) is 6.92 Å². The average molecular weight is 281 g/mol. The Morgan fingerprint density at radius 1 is 1.19 bits per heavy atom. The molecular formula is C18H23N3. The van der Waals surface area contributed by atoms with Crippen molar-refractivity contribution in [3.63, 3.8) is 0 Å². The Kier molecular flexibility index (Phi) is 4.51. The number of rotatable bonds is 3. The molecule has 2 heterocycles. The van der Waals surface area contributed by atoms with Crippen LogP contribution in [0.4, 0.5) is 5.69 Å². The molecule has 1 atom stereocenters. The van der Waals surface area contributed by atoms with Crippen LogP contribution < -0.4 is 10.2 Å². The molecule has 1 aromatic carbocycles. The predicted octanol–water partition coefficient (Wildman–Crippen LogP) is 2.80. The second-order valence-electron chi connectivity index (χ2n) is 5.75. The highest BCUT2D eigenvalue weighted by atomic mass is 15.2. The summed E-state index contributed by atoms with van der Waals surface area (Å²) in [6.45, 7) is 5.33. The molecule has 0 aliphatic carbocycles. The molecular weight excluding hydrogens is 258 g/mol. The van der Waals surface area contributed by atoms with Crippen molar-refractivity contribution >= 4 is 5.69 Å². The molecule has 1 unspecified atom stereocenters. The van der Waals surface area contributed by atoms with E-state index in [0.29, 0.717) is 6.04 Å². The SMILES string of the molecule is Cc1ncccc1N1CCCNC(Cc2ccccc2)C1. The fraction of sp³-hybridized carbons (Fsp3) is 0.389. The van der Waals surface area contributed by atoms with E-state index in [4.69, 9.17) is 0 Å². The van der Waals surface area contributed by atoms with Crippen LogP contribution in [0.5, 0.6) is 0 Å². The summed E-state index contributed by atoms with van der Waals surface area (Å²) in [5, 5.41) is 3.69. The van der Waals surface area contributed by atoms with Crippen LogP contribution in [-0.4, -0.2) is 30.7 Å². The summed E-state index contributed by atoms with van der Waals surface area (Å²) in [5.41, 5.74) is 3.80. The first-order chi connectivity index (χ1) is 10.3. The largest absolute Gasteiger partial charge is 0.368 e. The van der Waals surface area contributed by atoms with Crippen molar-refractivity contribution in [3.05, 3.63) is 59.9 Å². The van der Waals surface area contributed by atoms with Gasteiger partial charge in [-0.25, -0.2) is 0 Å². The summed E-state index contributed by atoms with van der Waals surface area (Å²) in [6.07, 6.45) is 4.13. The zero-order chi connectivity index (χ0) is 14.5. The lowest BCUT2D eigenvalue weighted by molar-refractivity contribution is 0.540. The summed E-state index contributed by atoms with van der Waals surface area (Å²) in [4.78, 5) is 6.91. The highest BCUT2D eigenvalue weighted by Gasteiger charge is 2.19. The zero-order valence-corrected chi connectivity index (χ0v) is 12.6. The number of hydrogen-bond acceptors (Lipinski definition) is 3. The summed E-state index contributed by atoms with van der Waals surface area (Å²) in [6, 6.07) is 15.5. The van der Waals surface area contributed by atoms with E-state index >= 15 is 0 Å². The molecule has 0 amide bonds. The molecule has 21 heavy (non-hydrogen) atoms. The van der Waals surface area contributed by atoms with Crippen LogP contribution in [-0.2, 0) is 6.42 Å². The van der Waals surface area contributed by atoms with E-state index in [1.54, 1.807) is 0 Å². The molecule has 0 bridgehead atoms. The Morgan fingerprint density at radius 3 is 2.86 bits per heavy atom. The summed E-state index contributed by atoms with van der Waals surface area (Å²) in [7, 11) is 0. The van der Waals surface area contributed by atoms with Crippen molar-refractivity contribution in [1.82, 2.24) is 10.3 Å². The molecule has 1 aliphatic rings. The first-order valence-electron chi connectivity index (χ1n) is 7.77. The predicted molar refractivity (Wildman–Crippen MR) is 87.7 cm³/mol. The molecule has 1 N–H and O–H groups in total. The van der Waals surface area contributed by atoms with Crippen LogP contribution >= 0.6 is 0 Å². The fourth-order valence-electron chi connectivity index (χ4n) is 3.06. The lowest BCUT2D eigenvalue weighted by Crippen LogP contribution is -2.39. The molecule has 0 spiro atoms. The van der Waals surface area contributed by atoms with Crippen molar-refractivity contribution in [2.24, 2.45) is 0 Å². The zero-order valence-electron chi connectivity index (χ0n) is 12.6. The van der Waals surface area contributed by atoms with E-state index in [2.05, 4.69) is 58.5 Å². The quantitative estimate of drug-likeness (QED) is 0.937. The summed E-state index contributed by atoms with van der Waals surface area (Å²) in [5.74, 6) is 0. The number of benzene rings is 1. The normalized spacial score (nSPS) is 19.3. The highest BCUT2D eigenvalue weighted by molar-refractivity contribution is 5.50. The van der Waals surface area contributed by atoms with Gasteiger partial charge in [-0.3, -0.25) is 4.98 Å². The fourth-order valence-corrected chi connectivity index (χ4v) is 3.06. The Labute approximate surface area is 127 Å². The van der Waals surface area contributed by atoms with Crippen LogP contribution in [0.2, 0.25) is 0 Å². The standard InChI is InChI=1S/C18H23N3/c1-15-18(9-5-10-19-15)21-12-6-11-20-17(14-21)13-16-7-3-2-4-8-16/h2-5,7-10,17,20H,6,11-14H2,1H3. The van der Waals surface area contributed by atoms with Crippen molar-refractivity contribution in [2.75, 3.05) is 24.5 Å². The molecule has 2 aromatic rings. The highest BCUT2D eigenvalue weighted by Crippen LogP contribution is 2.20. The summed E-state index contributed by atoms with van der Waals surface area (Å²) < 4.78 is 0. The smallest absolute Gasteiger partial charge is 0.0605 e. The molecule has 0 radical (unpaired) electrons. The lowest BCUT2D eigenvalue weighted by Gasteiger charge is -2.27. The lowest BCUT2D eigenvalue weighted by atomic mass is 10.1. The number of nitrogens with one attached hydrogen (secondary N) is 1. The van der Waals surface area contributed by atoms with Gasteiger partial charge in [0, 0.05) is 25.3 Å². The number of nitrogens with zero attached hydrogens (tertiary/aromatic N) is 2. The van der Waals surface area contributed by atoms with E-state index < -0.39 is 0 Å². The van der Waals surface area contributed by atoms with Gasteiger partial charge in [0.25, 0.3) is 0 Å². The second kappa shape index (κ2) is 6.72. The Balaban J connectivity index is 1.73. The van der Waals surface area contributed by atoms with E-state index in [1.807, 2.05) is 12.3 Å². The maximum Gasteiger partial charge on any atom is 0.0605 e. The van der Waals surface area contributed by atoms with E-state index in [-0.39, 0.29) is 0 Å². The van der Waals surface area contributed by atoms with Gasteiger partial charge in [0.1, 0.15) is 0 Å². The van der Waals surface area contributed by atoms with Crippen molar-refractivity contribution in [1.29, 1.82) is 0 Å². The number of hydrogen-bond donors (Lipinski definition) is 1. The Morgan fingerprint density at radius 2 is 2.05 bits per heavy atom. The van der Waals surface area contributed by atoms with Crippen LogP contribution in [0.15, 0.2) is 48.7 Å². The minimum Gasteiger partial charge on any atom is -0.368 e. The third-order valence-electron chi connectivity index (χ3n) is 4.12. The number of aryl methyl sites for hydroxylation is 1. The van der Waals surface area contributed by atoms with Gasteiger partial charge in [-0.1, -0.05) is 30.3 Å². The minimum atomic E-state index is 0.495. The molecule has 1 aromatic heterocycles. The molecule has 3 nitrogen and oxygen atoms in total. The van der Waals surface area contributed by atoms with E-state index in [0.717, 1.165) is 31.7 Å². The Hall–Kier alpha value is -1.87. The van der Waals surface area contributed by atoms with Gasteiger partial charge in [0.15, 0.2) is 0 Å². The first kappa shape index (κ1) is 14.1. The van der Waals surface area contributed by atoms with Gasteiger partial charge in [-0.15, -0.1) is 0 Å². The summed E-state index contributed by atoms with van der Waals surface area (Å²) >= 11 is 0. The number of anilines is 1. The minimum absolute atomic E-state index is 0.495. The molecule has 3 heteroatoms. The van der Waals surface area contributed by atoms with Gasteiger partial charge in [-0.05, 0) is 44.0 Å².